The number of hydrogen-bond donors (Lipinski definition) is 1. The lowest BCUT2D eigenvalue weighted by molar-refractivity contribution is -0.387. The molecule has 20 heavy (non-hydrogen) atoms. The Morgan fingerprint density at radius 2 is 2.05 bits per heavy atom. The molecule has 110 valence electrons. The van der Waals surface area contributed by atoms with Gasteiger partial charge in [0.1, 0.15) is 11.4 Å². The second-order valence-electron chi connectivity index (χ2n) is 4.80. The van der Waals surface area contributed by atoms with Gasteiger partial charge in [0, 0.05) is 12.6 Å². The fourth-order valence-electron chi connectivity index (χ4n) is 1.69. The third-order valence-electron chi connectivity index (χ3n) is 2.74. The van der Waals surface area contributed by atoms with Crippen molar-refractivity contribution in [3.63, 3.8) is 0 Å². The summed E-state index contributed by atoms with van der Waals surface area (Å²) in [4.78, 5) is 21.3. The van der Waals surface area contributed by atoms with Gasteiger partial charge in [0.05, 0.1) is 4.92 Å². The zero-order chi connectivity index (χ0) is 15.3. The van der Waals surface area contributed by atoms with Crippen molar-refractivity contribution in [3.8, 4) is 0 Å². The minimum Gasteiger partial charge on any atom is -0.352 e. The monoisotopic (exact) mass is 286 g/mol. The highest BCUT2D eigenvalue weighted by atomic mass is 19.1. The van der Waals surface area contributed by atoms with Gasteiger partial charge in [-0.3, -0.25) is 14.9 Å². The molecule has 1 N–H and O–H groups in total. The molecule has 0 saturated heterocycles. The van der Waals surface area contributed by atoms with Crippen molar-refractivity contribution < 1.29 is 18.5 Å². The fraction of sp³-hybridized carbons (Fsp3) is 0.462. The number of carbonyl (C=O) groups is 1. The molecule has 1 amide bonds. The summed E-state index contributed by atoms with van der Waals surface area (Å²) in [6.07, 6.45) is 1.53. The summed E-state index contributed by atoms with van der Waals surface area (Å²) < 4.78 is 27.2. The maximum atomic E-state index is 13.7. The number of nitro benzene ring substituents is 1. The van der Waals surface area contributed by atoms with Crippen LogP contribution in [0, 0.1) is 27.7 Å². The Morgan fingerprint density at radius 3 is 2.60 bits per heavy atom. The lowest BCUT2D eigenvalue weighted by atomic mass is 10.1. The Hall–Kier alpha value is -2.05. The number of nitro groups is 1. The van der Waals surface area contributed by atoms with Crippen LogP contribution in [0.3, 0.4) is 0 Å². The molecule has 0 saturated carbocycles. The first-order valence-electron chi connectivity index (χ1n) is 6.25. The standard InChI is InChI=1S/C13H16F2N2O3/c1-8(2)4-3-7-16-13(18)11-9(14)5-6-10(12(11)15)17(19)20/h5-6,8H,3-4,7H2,1-2H3,(H,16,18). The predicted molar refractivity (Wildman–Crippen MR) is 69.4 cm³/mol. The van der Waals surface area contributed by atoms with Gasteiger partial charge in [0.25, 0.3) is 5.91 Å². The van der Waals surface area contributed by atoms with Crippen LogP contribution < -0.4 is 5.32 Å². The van der Waals surface area contributed by atoms with E-state index in [2.05, 4.69) is 5.32 Å². The van der Waals surface area contributed by atoms with E-state index in [-0.39, 0.29) is 6.54 Å². The molecule has 0 heterocycles. The number of rotatable bonds is 6. The van der Waals surface area contributed by atoms with E-state index >= 15 is 0 Å². The molecule has 0 bridgehead atoms. The van der Waals surface area contributed by atoms with Gasteiger partial charge in [-0.05, 0) is 24.8 Å². The molecule has 0 radical (unpaired) electrons. The summed E-state index contributed by atoms with van der Waals surface area (Å²) in [6, 6.07) is 1.41. The first kappa shape index (κ1) is 16.0. The van der Waals surface area contributed by atoms with Crippen LogP contribution in [0.5, 0.6) is 0 Å². The molecule has 1 aromatic carbocycles. The summed E-state index contributed by atoms with van der Waals surface area (Å²) in [5, 5.41) is 12.9. The van der Waals surface area contributed by atoms with Crippen molar-refractivity contribution in [1.29, 1.82) is 0 Å². The number of amides is 1. The molecule has 0 aromatic heterocycles. The summed E-state index contributed by atoms with van der Waals surface area (Å²) in [6.45, 7) is 4.29. The van der Waals surface area contributed by atoms with Gasteiger partial charge in [0.15, 0.2) is 0 Å². The van der Waals surface area contributed by atoms with Gasteiger partial charge in [0.2, 0.25) is 5.82 Å². The van der Waals surface area contributed by atoms with Gasteiger partial charge < -0.3 is 5.32 Å². The molecule has 5 nitrogen and oxygen atoms in total. The molecule has 1 aromatic rings. The molecule has 7 heteroatoms. The highest BCUT2D eigenvalue weighted by Crippen LogP contribution is 2.22. The molecular formula is C13H16F2N2O3. The quantitative estimate of drug-likeness (QED) is 0.496. The minimum atomic E-state index is -1.45. The van der Waals surface area contributed by atoms with Crippen LogP contribution in [0.25, 0.3) is 0 Å². The minimum absolute atomic E-state index is 0.262. The second-order valence-corrected chi connectivity index (χ2v) is 4.80. The SMILES string of the molecule is CC(C)CCCNC(=O)c1c(F)ccc([N+](=O)[O-])c1F. The zero-order valence-corrected chi connectivity index (χ0v) is 11.3. The number of halogens is 2. The van der Waals surface area contributed by atoms with Crippen LogP contribution in [0.4, 0.5) is 14.5 Å². The Morgan fingerprint density at radius 1 is 1.40 bits per heavy atom. The van der Waals surface area contributed by atoms with E-state index in [1.807, 2.05) is 13.8 Å². The highest BCUT2D eigenvalue weighted by molar-refractivity contribution is 5.95. The number of carbonyl (C=O) groups excluding carboxylic acids is 1. The maximum absolute atomic E-state index is 13.7. The van der Waals surface area contributed by atoms with Crippen LogP contribution in [0.1, 0.15) is 37.0 Å². The summed E-state index contributed by atoms with van der Waals surface area (Å²) in [5.41, 5.74) is -1.83. The Balaban J connectivity index is 2.82. The Kier molecular flexibility index (Phi) is 5.54. The van der Waals surface area contributed by atoms with Crippen molar-refractivity contribution in [2.75, 3.05) is 6.54 Å². The van der Waals surface area contributed by atoms with Crippen LogP contribution in [-0.2, 0) is 0 Å². The van der Waals surface area contributed by atoms with E-state index < -0.39 is 33.7 Å². The van der Waals surface area contributed by atoms with E-state index in [0.29, 0.717) is 24.5 Å². The van der Waals surface area contributed by atoms with Gasteiger partial charge in [-0.1, -0.05) is 13.8 Å². The number of benzene rings is 1. The van der Waals surface area contributed by atoms with E-state index in [4.69, 9.17) is 0 Å². The van der Waals surface area contributed by atoms with Crippen molar-refractivity contribution in [2.24, 2.45) is 5.92 Å². The van der Waals surface area contributed by atoms with Gasteiger partial charge >= 0.3 is 5.69 Å². The lowest BCUT2D eigenvalue weighted by Gasteiger charge is -2.08. The summed E-state index contributed by atoms with van der Waals surface area (Å²) >= 11 is 0. The molecule has 0 aliphatic heterocycles. The molecule has 0 spiro atoms. The van der Waals surface area contributed by atoms with E-state index in [0.717, 1.165) is 6.42 Å². The topological polar surface area (TPSA) is 72.2 Å². The Labute approximate surface area is 115 Å². The number of hydrogen-bond acceptors (Lipinski definition) is 3. The molecule has 0 aliphatic rings. The summed E-state index contributed by atoms with van der Waals surface area (Å²) in [7, 11) is 0. The van der Waals surface area contributed by atoms with E-state index in [1.54, 1.807) is 0 Å². The van der Waals surface area contributed by atoms with Crippen molar-refractivity contribution >= 4 is 11.6 Å². The zero-order valence-electron chi connectivity index (χ0n) is 11.3. The third-order valence-corrected chi connectivity index (χ3v) is 2.74. The molecule has 0 fully saturated rings. The Bertz CT molecular complexity index is 519. The number of nitrogens with one attached hydrogen (secondary N) is 1. The van der Waals surface area contributed by atoms with E-state index in [9.17, 15) is 23.7 Å². The smallest absolute Gasteiger partial charge is 0.305 e. The number of nitrogens with zero attached hydrogens (tertiary/aromatic N) is 1. The predicted octanol–water partition coefficient (Wildman–Crippen LogP) is 3.04. The van der Waals surface area contributed by atoms with Crippen LogP contribution >= 0.6 is 0 Å². The first-order valence-corrected chi connectivity index (χ1v) is 6.25. The average molecular weight is 286 g/mol. The van der Waals surface area contributed by atoms with Gasteiger partial charge in [-0.2, -0.15) is 4.39 Å². The molecule has 1 rings (SSSR count). The lowest BCUT2D eigenvalue weighted by Crippen LogP contribution is -2.27. The van der Waals surface area contributed by atoms with Crippen molar-refractivity contribution in [3.05, 3.63) is 39.4 Å². The average Bonchev–Trinajstić information content (AvgIpc) is 2.34. The van der Waals surface area contributed by atoms with Crippen LogP contribution in [0.2, 0.25) is 0 Å². The molecule has 0 unspecified atom stereocenters. The highest BCUT2D eigenvalue weighted by Gasteiger charge is 2.25. The van der Waals surface area contributed by atoms with Gasteiger partial charge in [-0.25, -0.2) is 4.39 Å². The third kappa shape index (κ3) is 3.97. The van der Waals surface area contributed by atoms with Crippen LogP contribution in [-0.4, -0.2) is 17.4 Å². The largest absolute Gasteiger partial charge is 0.352 e. The molecule has 0 atom stereocenters. The normalized spacial score (nSPS) is 10.7. The fourth-order valence-corrected chi connectivity index (χ4v) is 1.69. The second kappa shape index (κ2) is 6.93. The molecular weight excluding hydrogens is 270 g/mol. The van der Waals surface area contributed by atoms with Crippen LogP contribution in [0.15, 0.2) is 12.1 Å². The first-order chi connectivity index (χ1) is 9.34. The summed E-state index contributed by atoms with van der Waals surface area (Å²) in [5.74, 6) is -3.09. The van der Waals surface area contributed by atoms with E-state index in [1.165, 1.54) is 0 Å². The van der Waals surface area contributed by atoms with Crippen molar-refractivity contribution in [2.45, 2.75) is 26.7 Å². The maximum Gasteiger partial charge on any atom is 0.305 e. The molecule has 0 aliphatic carbocycles. The van der Waals surface area contributed by atoms with Crippen molar-refractivity contribution in [1.82, 2.24) is 5.32 Å². The van der Waals surface area contributed by atoms with Gasteiger partial charge in [-0.15, -0.1) is 0 Å².